The molecule has 1 amide bonds. The number of methoxy groups -OCH3 is 1. The topological polar surface area (TPSA) is 77.6 Å². The van der Waals surface area contributed by atoms with Crippen LogP contribution in [0.2, 0.25) is 0 Å². The Balaban J connectivity index is 1.50. The molecule has 4 rings (SSSR count). The number of amides is 1. The average molecular weight is 408 g/mol. The van der Waals surface area contributed by atoms with Crippen LogP contribution in [0.1, 0.15) is 15.2 Å². The number of ether oxygens (including phenoxy) is 1. The normalized spacial score (nSPS) is 11.0. The van der Waals surface area contributed by atoms with E-state index in [2.05, 4.69) is 10.4 Å². The highest BCUT2D eigenvalue weighted by Crippen LogP contribution is 2.21. The van der Waals surface area contributed by atoms with Gasteiger partial charge in [-0.2, -0.15) is 5.10 Å². The van der Waals surface area contributed by atoms with Gasteiger partial charge in [0.1, 0.15) is 11.3 Å². The van der Waals surface area contributed by atoms with Crippen molar-refractivity contribution < 1.29 is 9.53 Å². The van der Waals surface area contributed by atoms with Crippen LogP contribution < -0.4 is 15.6 Å². The minimum absolute atomic E-state index is 0.113. The number of carbonyl (C=O) groups excluding carboxylic acids is 1. The van der Waals surface area contributed by atoms with Gasteiger partial charge in [0.15, 0.2) is 0 Å². The van der Waals surface area contributed by atoms with E-state index in [1.165, 1.54) is 11.3 Å². The number of thiophene rings is 1. The molecule has 4 aromatic rings. The number of carbonyl (C=O) groups is 1. The smallest absolute Gasteiger partial charge is 0.276 e. The molecule has 0 saturated carbocycles. The molecular weight excluding hydrogens is 388 g/mol. The molecule has 0 bridgehead atoms. The minimum Gasteiger partial charge on any atom is -0.497 e. The Bertz CT molecular complexity index is 1220. The van der Waals surface area contributed by atoms with E-state index in [1.807, 2.05) is 42.6 Å². The molecule has 3 aromatic heterocycles. The molecule has 148 valence electrons. The van der Waals surface area contributed by atoms with E-state index in [0.717, 1.165) is 16.9 Å². The van der Waals surface area contributed by atoms with E-state index in [1.54, 1.807) is 34.7 Å². The van der Waals surface area contributed by atoms with Crippen LogP contribution in [0, 0.1) is 6.92 Å². The second-order valence-electron chi connectivity index (χ2n) is 6.57. The van der Waals surface area contributed by atoms with Crippen molar-refractivity contribution >= 4 is 22.8 Å². The molecule has 0 atom stereocenters. The molecule has 0 radical (unpaired) electrons. The van der Waals surface area contributed by atoms with Gasteiger partial charge in [-0.25, -0.2) is 4.52 Å². The van der Waals surface area contributed by atoms with Crippen LogP contribution in [0.4, 0.5) is 0 Å². The van der Waals surface area contributed by atoms with E-state index in [9.17, 15) is 9.59 Å². The van der Waals surface area contributed by atoms with Gasteiger partial charge in [0, 0.05) is 31.0 Å². The maximum Gasteiger partial charge on any atom is 0.276 e. The third-order valence-corrected chi connectivity index (χ3v) is 5.71. The summed E-state index contributed by atoms with van der Waals surface area (Å²) in [6.07, 6.45) is 3.43. The quantitative estimate of drug-likeness (QED) is 0.532. The summed E-state index contributed by atoms with van der Waals surface area (Å²) in [5.74, 6) is 0.650. The van der Waals surface area contributed by atoms with Gasteiger partial charge < -0.3 is 14.6 Å². The Morgan fingerprint density at radius 2 is 2.00 bits per heavy atom. The second kappa shape index (κ2) is 7.92. The zero-order valence-electron chi connectivity index (χ0n) is 16.1. The van der Waals surface area contributed by atoms with Crippen molar-refractivity contribution in [2.45, 2.75) is 13.5 Å². The van der Waals surface area contributed by atoms with Crippen LogP contribution in [0.15, 0.2) is 59.0 Å². The molecule has 7 nitrogen and oxygen atoms in total. The summed E-state index contributed by atoms with van der Waals surface area (Å²) in [4.78, 5) is 25.7. The largest absolute Gasteiger partial charge is 0.497 e. The van der Waals surface area contributed by atoms with E-state index in [-0.39, 0.29) is 11.5 Å². The molecule has 0 aliphatic heterocycles. The average Bonchev–Trinajstić information content (AvgIpc) is 3.36. The van der Waals surface area contributed by atoms with Crippen molar-refractivity contribution in [2.75, 3.05) is 13.7 Å². The highest BCUT2D eigenvalue weighted by atomic mass is 32.1. The monoisotopic (exact) mass is 408 g/mol. The fraction of sp³-hybridized carbons (Fsp3) is 0.190. The maximum atomic E-state index is 12.8. The fourth-order valence-electron chi connectivity index (χ4n) is 3.08. The Morgan fingerprint density at radius 3 is 2.69 bits per heavy atom. The summed E-state index contributed by atoms with van der Waals surface area (Å²) < 4.78 is 8.33. The molecule has 1 aromatic carbocycles. The first-order valence-corrected chi connectivity index (χ1v) is 10.0. The van der Waals surface area contributed by atoms with Crippen LogP contribution in [-0.2, 0) is 6.54 Å². The number of nitrogens with zero attached hydrogens (tertiary/aromatic N) is 3. The van der Waals surface area contributed by atoms with Crippen LogP contribution in [0.5, 0.6) is 5.75 Å². The SMILES string of the molecule is COc1ccc(-c2cc3c(=O)n(CCNC(=O)c4sccc4C)ccn3n2)cc1. The highest BCUT2D eigenvalue weighted by Gasteiger charge is 2.11. The zero-order chi connectivity index (χ0) is 20.4. The van der Waals surface area contributed by atoms with Crippen LogP contribution in [-0.4, -0.2) is 33.7 Å². The fourth-order valence-corrected chi connectivity index (χ4v) is 3.92. The van der Waals surface area contributed by atoms with E-state index >= 15 is 0 Å². The van der Waals surface area contributed by atoms with Crippen molar-refractivity contribution in [2.24, 2.45) is 0 Å². The first kappa shape index (κ1) is 18.9. The van der Waals surface area contributed by atoms with Crippen molar-refractivity contribution in [1.29, 1.82) is 0 Å². The molecule has 8 heteroatoms. The highest BCUT2D eigenvalue weighted by molar-refractivity contribution is 7.12. The molecule has 0 unspecified atom stereocenters. The molecule has 29 heavy (non-hydrogen) atoms. The zero-order valence-corrected chi connectivity index (χ0v) is 16.9. The van der Waals surface area contributed by atoms with Gasteiger partial charge >= 0.3 is 0 Å². The van der Waals surface area contributed by atoms with Gasteiger partial charge in [-0.3, -0.25) is 9.59 Å². The molecule has 0 aliphatic rings. The lowest BCUT2D eigenvalue weighted by Crippen LogP contribution is -2.31. The Morgan fingerprint density at radius 1 is 1.21 bits per heavy atom. The van der Waals surface area contributed by atoms with Crippen molar-refractivity contribution in [3.8, 4) is 17.0 Å². The Kier molecular flexibility index (Phi) is 5.18. The molecule has 0 spiro atoms. The van der Waals surface area contributed by atoms with Gasteiger partial charge in [-0.1, -0.05) is 0 Å². The number of benzene rings is 1. The second-order valence-corrected chi connectivity index (χ2v) is 7.49. The molecule has 0 fully saturated rings. The summed E-state index contributed by atoms with van der Waals surface area (Å²) in [6, 6.07) is 11.2. The first-order valence-electron chi connectivity index (χ1n) is 9.12. The Labute approximate surface area is 171 Å². The van der Waals surface area contributed by atoms with E-state index in [0.29, 0.717) is 29.2 Å². The molecule has 1 N–H and O–H groups in total. The lowest BCUT2D eigenvalue weighted by atomic mass is 10.1. The van der Waals surface area contributed by atoms with Gasteiger partial charge in [-0.15, -0.1) is 11.3 Å². The van der Waals surface area contributed by atoms with Crippen LogP contribution >= 0.6 is 11.3 Å². The molecule has 0 aliphatic carbocycles. The third-order valence-electron chi connectivity index (χ3n) is 4.70. The predicted molar refractivity (Wildman–Crippen MR) is 113 cm³/mol. The van der Waals surface area contributed by atoms with Crippen LogP contribution in [0.3, 0.4) is 0 Å². The summed E-state index contributed by atoms with van der Waals surface area (Å²) in [5.41, 5.74) is 2.90. The number of fused-ring (bicyclic) bond motifs is 1. The number of aryl methyl sites for hydroxylation is 1. The number of rotatable bonds is 6. The standard InChI is InChI=1S/C21H20N4O3S/c1-14-7-12-29-19(14)20(26)22-8-9-24-10-11-25-18(21(24)27)13-17(23-25)15-3-5-16(28-2)6-4-15/h3-7,10-13H,8-9H2,1-2H3,(H,22,26). The van der Waals surface area contributed by atoms with E-state index in [4.69, 9.17) is 4.74 Å². The summed E-state index contributed by atoms with van der Waals surface area (Å²) >= 11 is 1.41. The van der Waals surface area contributed by atoms with Gasteiger partial charge in [0.25, 0.3) is 11.5 Å². The Hall–Kier alpha value is -3.39. The van der Waals surface area contributed by atoms with Crippen molar-refractivity contribution in [3.63, 3.8) is 0 Å². The van der Waals surface area contributed by atoms with Crippen molar-refractivity contribution in [3.05, 3.63) is 75.0 Å². The predicted octanol–water partition coefficient (Wildman–Crippen LogP) is 2.97. The number of aromatic nitrogens is 3. The molecular formula is C21H20N4O3S. The van der Waals surface area contributed by atoms with E-state index < -0.39 is 0 Å². The van der Waals surface area contributed by atoms with Crippen LogP contribution in [0.25, 0.3) is 16.8 Å². The lowest BCUT2D eigenvalue weighted by Gasteiger charge is -2.07. The number of nitrogens with one attached hydrogen (secondary N) is 1. The lowest BCUT2D eigenvalue weighted by molar-refractivity contribution is 0.0955. The third kappa shape index (κ3) is 3.79. The molecule has 3 heterocycles. The number of hydrogen-bond acceptors (Lipinski definition) is 5. The van der Waals surface area contributed by atoms with Gasteiger partial charge in [-0.05, 0) is 54.3 Å². The summed E-state index contributed by atoms with van der Waals surface area (Å²) in [7, 11) is 1.62. The maximum absolute atomic E-state index is 12.8. The molecule has 0 saturated heterocycles. The summed E-state index contributed by atoms with van der Waals surface area (Å²) in [6.45, 7) is 2.66. The van der Waals surface area contributed by atoms with Gasteiger partial charge in [0.05, 0.1) is 17.7 Å². The number of hydrogen-bond donors (Lipinski definition) is 1. The van der Waals surface area contributed by atoms with Crippen molar-refractivity contribution in [1.82, 2.24) is 19.5 Å². The summed E-state index contributed by atoms with van der Waals surface area (Å²) in [5, 5.41) is 9.25. The minimum atomic E-state index is -0.152. The van der Waals surface area contributed by atoms with Gasteiger partial charge in [0.2, 0.25) is 0 Å². The first-order chi connectivity index (χ1) is 14.1.